The standard InChI is InChI=1S/C13H12FN3O4/c14-8-1-2-10(7(3-8)5-15)16-13(21)17-6-9(18)4-11(17)12(19)20/h1-3,9,11,18H,4,6H2,(H,16,21)(H,19,20). The van der Waals surface area contributed by atoms with Crippen molar-refractivity contribution in [2.45, 2.75) is 18.6 Å². The summed E-state index contributed by atoms with van der Waals surface area (Å²) in [6.45, 7) is -0.119. The van der Waals surface area contributed by atoms with Crippen molar-refractivity contribution in [2.75, 3.05) is 11.9 Å². The van der Waals surface area contributed by atoms with Crippen molar-refractivity contribution in [3.63, 3.8) is 0 Å². The van der Waals surface area contributed by atoms with Gasteiger partial charge in [0.05, 0.1) is 17.4 Å². The number of carboxylic acid groups (broad SMARTS) is 1. The Morgan fingerprint density at radius 1 is 1.48 bits per heavy atom. The lowest BCUT2D eigenvalue weighted by Crippen LogP contribution is -2.43. The van der Waals surface area contributed by atoms with E-state index in [1.807, 2.05) is 0 Å². The smallest absolute Gasteiger partial charge is 0.326 e. The molecule has 1 saturated heterocycles. The Bertz CT molecular complexity index is 628. The molecule has 8 heteroatoms. The Hall–Kier alpha value is -2.66. The van der Waals surface area contributed by atoms with Crippen LogP contribution in [0.2, 0.25) is 0 Å². The van der Waals surface area contributed by atoms with Crippen molar-refractivity contribution in [3.8, 4) is 6.07 Å². The summed E-state index contributed by atoms with van der Waals surface area (Å²) < 4.78 is 13.0. The highest BCUT2D eigenvalue weighted by atomic mass is 19.1. The predicted octanol–water partition coefficient (Wildman–Crippen LogP) is 0.749. The van der Waals surface area contributed by atoms with E-state index in [4.69, 9.17) is 10.4 Å². The first-order valence-corrected chi connectivity index (χ1v) is 6.10. The number of aliphatic hydroxyl groups excluding tert-OH is 1. The number of benzene rings is 1. The fourth-order valence-electron chi connectivity index (χ4n) is 2.18. The minimum absolute atomic E-state index is 0.0583. The second kappa shape index (κ2) is 5.76. The van der Waals surface area contributed by atoms with Gasteiger partial charge in [-0.25, -0.2) is 14.0 Å². The molecule has 1 fully saturated rings. The number of urea groups is 1. The van der Waals surface area contributed by atoms with E-state index in [9.17, 15) is 19.1 Å². The van der Waals surface area contributed by atoms with Crippen LogP contribution in [0.3, 0.4) is 0 Å². The number of nitriles is 1. The van der Waals surface area contributed by atoms with Gasteiger partial charge in [0.25, 0.3) is 0 Å². The van der Waals surface area contributed by atoms with Crippen LogP contribution < -0.4 is 5.32 Å². The van der Waals surface area contributed by atoms with Gasteiger partial charge in [0.1, 0.15) is 17.9 Å². The number of hydrogen-bond acceptors (Lipinski definition) is 4. The summed E-state index contributed by atoms with van der Waals surface area (Å²) in [4.78, 5) is 24.1. The molecule has 2 atom stereocenters. The van der Waals surface area contributed by atoms with E-state index in [1.165, 1.54) is 6.07 Å². The molecule has 3 N–H and O–H groups in total. The number of nitrogens with one attached hydrogen (secondary N) is 1. The summed E-state index contributed by atoms with van der Waals surface area (Å²) in [7, 11) is 0. The van der Waals surface area contributed by atoms with Crippen LogP contribution in [-0.2, 0) is 4.79 Å². The third kappa shape index (κ3) is 3.09. The SMILES string of the molecule is N#Cc1cc(F)ccc1NC(=O)N1CC(O)CC1C(=O)O. The van der Waals surface area contributed by atoms with Gasteiger partial charge in [-0.1, -0.05) is 0 Å². The Labute approximate surface area is 119 Å². The molecule has 2 amide bonds. The first kappa shape index (κ1) is 14.7. The summed E-state index contributed by atoms with van der Waals surface area (Å²) >= 11 is 0. The molecule has 110 valence electrons. The molecule has 1 aliphatic heterocycles. The number of hydrogen-bond donors (Lipinski definition) is 3. The van der Waals surface area contributed by atoms with Crippen LogP contribution in [0.15, 0.2) is 18.2 Å². The van der Waals surface area contributed by atoms with Crippen LogP contribution in [0, 0.1) is 17.1 Å². The Kier molecular flexibility index (Phi) is 4.05. The zero-order valence-corrected chi connectivity index (χ0v) is 10.8. The number of halogens is 1. The summed E-state index contributed by atoms with van der Waals surface area (Å²) in [6, 6.07) is 3.09. The molecular formula is C13H12FN3O4. The predicted molar refractivity (Wildman–Crippen MR) is 68.9 cm³/mol. The zero-order chi connectivity index (χ0) is 15.6. The van der Waals surface area contributed by atoms with Gasteiger partial charge in [-0.2, -0.15) is 5.26 Å². The van der Waals surface area contributed by atoms with Gasteiger partial charge in [0.15, 0.2) is 0 Å². The van der Waals surface area contributed by atoms with Crippen molar-refractivity contribution in [2.24, 2.45) is 0 Å². The number of aliphatic hydroxyl groups is 1. The molecule has 0 bridgehead atoms. The summed E-state index contributed by atoms with van der Waals surface area (Å²) in [5, 5.41) is 29.8. The molecule has 7 nitrogen and oxygen atoms in total. The Balaban J connectivity index is 2.18. The van der Waals surface area contributed by atoms with Gasteiger partial charge in [-0.05, 0) is 18.2 Å². The van der Waals surface area contributed by atoms with Crippen LogP contribution in [0.4, 0.5) is 14.9 Å². The molecule has 2 unspecified atom stereocenters. The molecule has 0 radical (unpaired) electrons. The lowest BCUT2D eigenvalue weighted by Gasteiger charge is -2.21. The Morgan fingerprint density at radius 2 is 2.19 bits per heavy atom. The highest BCUT2D eigenvalue weighted by molar-refractivity contribution is 5.93. The third-order valence-electron chi connectivity index (χ3n) is 3.17. The van der Waals surface area contributed by atoms with Crippen LogP contribution >= 0.6 is 0 Å². The summed E-state index contributed by atoms with van der Waals surface area (Å²) in [5.74, 6) is -1.84. The van der Waals surface area contributed by atoms with E-state index in [2.05, 4.69) is 5.32 Å². The average molecular weight is 293 g/mol. The van der Waals surface area contributed by atoms with E-state index in [1.54, 1.807) is 6.07 Å². The number of β-amino-alcohol motifs (C(OH)–C–C–N with tert-alkyl or cyclic N) is 1. The van der Waals surface area contributed by atoms with E-state index in [-0.39, 0.29) is 24.2 Å². The quantitative estimate of drug-likeness (QED) is 0.744. The second-order valence-electron chi connectivity index (χ2n) is 4.63. The molecule has 1 aromatic carbocycles. The molecule has 0 saturated carbocycles. The fraction of sp³-hybridized carbons (Fsp3) is 0.308. The van der Waals surface area contributed by atoms with E-state index < -0.39 is 30.0 Å². The number of likely N-dealkylation sites (tertiary alicyclic amines) is 1. The lowest BCUT2D eigenvalue weighted by atomic mass is 10.2. The first-order chi connectivity index (χ1) is 9.92. The molecular weight excluding hydrogens is 281 g/mol. The lowest BCUT2D eigenvalue weighted by molar-refractivity contribution is -0.141. The van der Waals surface area contributed by atoms with Gasteiger partial charge < -0.3 is 20.4 Å². The molecule has 21 heavy (non-hydrogen) atoms. The van der Waals surface area contributed by atoms with Crippen molar-refractivity contribution < 1.29 is 24.2 Å². The van der Waals surface area contributed by atoms with Gasteiger partial charge >= 0.3 is 12.0 Å². The highest BCUT2D eigenvalue weighted by Gasteiger charge is 2.39. The molecule has 0 aromatic heterocycles. The van der Waals surface area contributed by atoms with E-state index >= 15 is 0 Å². The maximum atomic E-state index is 13.0. The molecule has 2 rings (SSSR count). The average Bonchev–Trinajstić information content (AvgIpc) is 2.83. The van der Waals surface area contributed by atoms with Crippen LogP contribution in [0.1, 0.15) is 12.0 Å². The maximum absolute atomic E-state index is 13.0. The Morgan fingerprint density at radius 3 is 2.81 bits per heavy atom. The summed E-state index contributed by atoms with van der Waals surface area (Å²) in [6.07, 6.45) is -0.974. The minimum Gasteiger partial charge on any atom is -0.480 e. The normalized spacial score (nSPS) is 20.9. The highest BCUT2D eigenvalue weighted by Crippen LogP contribution is 2.21. The van der Waals surface area contributed by atoms with Crippen molar-refractivity contribution >= 4 is 17.7 Å². The number of carbonyl (C=O) groups excluding carboxylic acids is 1. The molecule has 1 heterocycles. The van der Waals surface area contributed by atoms with E-state index in [0.717, 1.165) is 17.0 Å². The number of amides is 2. The van der Waals surface area contributed by atoms with Crippen LogP contribution in [-0.4, -0.2) is 45.8 Å². The third-order valence-corrected chi connectivity index (χ3v) is 3.17. The second-order valence-corrected chi connectivity index (χ2v) is 4.63. The number of carbonyl (C=O) groups is 2. The van der Waals surface area contributed by atoms with Crippen LogP contribution in [0.5, 0.6) is 0 Å². The topological polar surface area (TPSA) is 114 Å². The zero-order valence-electron chi connectivity index (χ0n) is 10.8. The van der Waals surface area contributed by atoms with Gasteiger partial charge in [-0.15, -0.1) is 0 Å². The van der Waals surface area contributed by atoms with E-state index in [0.29, 0.717) is 0 Å². The maximum Gasteiger partial charge on any atom is 0.326 e. The number of anilines is 1. The molecule has 0 spiro atoms. The van der Waals surface area contributed by atoms with Gasteiger partial charge in [-0.3, -0.25) is 0 Å². The number of aliphatic carboxylic acids is 1. The number of carboxylic acids is 1. The largest absolute Gasteiger partial charge is 0.480 e. The minimum atomic E-state index is -1.22. The molecule has 1 aromatic rings. The number of rotatable bonds is 2. The number of nitrogens with zero attached hydrogens (tertiary/aromatic N) is 2. The van der Waals surface area contributed by atoms with Gasteiger partial charge in [0, 0.05) is 13.0 Å². The summed E-state index contributed by atoms with van der Waals surface area (Å²) in [5.41, 5.74) is 0.00407. The fourth-order valence-corrected chi connectivity index (χ4v) is 2.18. The van der Waals surface area contributed by atoms with Crippen LogP contribution in [0.25, 0.3) is 0 Å². The molecule has 1 aliphatic rings. The first-order valence-electron chi connectivity index (χ1n) is 6.10. The monoisotopic (exact) mass is 293 g/mol. The van der Waals surface area contributed by atoms with Crippen molar-refractivity contribution in [3.05, 3.63) is 29.6 Å². The molecule has 0 aliphatic carbocycles. The van der Waals surface area contributed by atoms with Crippen molar-refractivity contribution in [1.29, 1.82) is 5.26 Å². The van der Waals surface area contributed by atoms with Crippen molar-refractivity contribution in [1.82, 2.24) is 4.90 Å². The van der Waals surface area contributed by atoms with Gasteiger partial charge in [0.2, 0.25) is 0 Å².